The highest BCUT2D eigenvalue weighted by atomic mass is 79.9. The summed E-state index contributed by atoms with van der Waals surface area (Å²) in [5.74, 6) is 0.838. The Hall–Kier alpha value is -0.850. The Morgan fingerprint density at radius 3 is 2.94 bits per heavy atom. The number of nitrogens with zero attached hydrogens (tertiary/aromatic N) is 2. The van der Waals surface area contributed by atoms with Crippen LogP contribution in [0.1, 0.15) is 6.92 Å². The van der Waals surface area contributed by atoms with Gasteiger partial charge in [0.05, 0.1) is 29.6 Å². The van der Waals surface area contributed by atoms with E-state index in [1.54, 1.807) is 6.20 Å². The van der Waals surface area contributed by atoms with Gasteiger partial charge in [-0.15, -0.1) is 0 Å². The Morgan fingerprint density at radius 2 is 2.28 bits per heavy atom. The van der Waals surface area contributed by atoms with Crippen LogP contribution < -0.4 is 11.1 Å². The second kappa shape index (κ2) is 6.36. The molecule has 1 unspecified atom stereocenters. The number of halogens is 1. The van der Waals surface area contributed by atoms with E-state index in [4.69, 9.17) is 10.5 Å². The van der Waals surface area contributed by atoms with E-state index >= 15 is 0 Å². The summed E-state index contributed by atoms with van der Waals surface area (Å²) in [5, 5.41) is 3.39. The van der Waals surface area contributed by atoms with E-state index in [-0.39, 0.29) is 0 Å². The maximum atomic E-state index is 5.67. The lowest BCUT2D eigenvalue weighted by molar-refractivity contribution is 0.0368. The van der Waals surface area contributed by atoms with Gasteiger partial charge in [-0.25, -0.2) is 4.98 Å². The summed E-state index contributed by atoms with van der Waals surface area (Å²) in [6.07, 6.45) is 1.66. The van der Waals surface area contributed by atoms with Crippen LogP contribution in [0.2, 0.25) is 0 Å². The SMILES string of the molecule is CC(CN1CCOCC1)Nc1ncc(N)cc1Br. The Bertz CT molecular complexity index is 396. The Kier molecular flexibility index (Phi) is 4.79. The van der Waals surface area contributed by atoms with Crippen LogP contribution in [0.3, 0.4) is 0 Å². The number of rotatable bonds is 4. The first-order chi connectivity index (χ1) is 8.65. The molecule has 18 heavy (non-hydrogen) atoms. The highest BCUT2D eigenvalue weighted by Gasteiger charge is 2.14. The molecule has 0 bridgehead atoms. The predicted molar refractivity (Wildman–Crippen MR) is 76.7 cm³/mol. The summed E-state index contributed by atoms with van der Waals surface area (Å²) in [6, 6.07) is 2.19. The maximum Gasteiger partial charge on any atom is 0.140 e. The molecule has 0 aromatic carbocycles. The fraction of sp³-hybridized carbons (Fsp3) is 0.583. The third-order valence-corrected chi connectivity index (χ3v) is 3.49. The lowest BCUT2D eigenvalue weighted by atomic mass is 10.3. The summed E-state index contributed by atoms with van der Waals surface area (Å²) in [5.41, 5.74) is 6.33. The van der Waals surface area contributed by atoms with Crippen LogP contribution in [0.5, 0.6) is 0 Å². The van der Waals surface area contributed by atoms with Crippen LogP contribution in [-0.2, 0) is 4.74 Å². The molecule has 1 aromatic heterocycles. The molecule has 1 fully saturated rings. The minimum absolute atomic E-state index is 0.329. The molecule has 2 heterocycles. The van der Waals surface area contributed by atoms with Crippen LogP contribution in [0, 0.1) is 0 Å². The molecule has 0 spiro atoms. The van der Waals surface area contributed by atoms with Gasteiger partial charge in [-0.3, -0.25) is 4.90 Å². The highest BCUT2D eigenvalue weighted by Crippen LogP contribution is 2.22. The third-order valence-electron chi connectivity index (χ3n) is 2.88. The van der Waals surface area contributed by atoms with Crippen molar-refractivity contribution in [2.45, 2.75) is 13.0 Å². The number of nitrogen functional groups attached to an aromatic ring is 1. The number of anilines is 2. The van der Waals surface area contributed by atoms with Crippen LogP contribution in [0.15, 0.2) is 16.7 Å². The van der Waals surface area contributed by atoms with Gasteiger partial charge in [-0.05, 0) is 28.9 Å². The number of morpholine rings is 1. The maximum absolute atomic E-state index is 5.67. The molecule has 1 saturated heterocycles. The average Bonchev–Trinajstić information content (AvgIpc) is 2.34. The lowest BCUT2D eigenvalue weighted by Crippen LogP contribution is -2.42. The standard InChI is InChI=1S/C12H19BrN4O/c1-9(8-17-2-4-18-5-3-17)16-12-11(13)6-10(14)7-15-12/h6-7,9H,2-5,8,14H2,1H3,(H,15,16). The summed E-state index contributed by atoms with van der Waals surface area (Å²) >= 11 is 3.46. The predicted octanol–water partition coefficient (Wildman–Crippen LogP) is 1.56. The van der Waals surface area contributed by atoms with Gasteiger partial charge in [-0.1, -0.05) is 0 Å². The van der Waals surface area contributed by atoms with Crippen LogP contribution in [-0.4, -0.2) is 48.8 Å². The Labute approximate surface area is 116 Å². The number of hydrogen-bond donors (Lipinski definition) is 2. The molecular formula is C12H19BrN4O. The van der Waals surface area contributed by atoms with E-state index in [1.807, 2.05) is 6.07 Å². The average molecular weight is 315 g/mol. The number of nitrogens with two attached hydrogens (primary N) is 1. The van der Waals surface area contributed by atoms with Crippen molar-refractivity contribution in [3.8, 4) is 0 Å². The fourth-order valence-corrected chi connectivity index (χ4v) is 2.49. The van der Waals surface area contributed by atoms with Gasteiger partial charge >= 0.3 is 0 Å². The summed E-state index contributed by atoms with van der Waals surface area (Å²) in [4.78, 5) is 6.68. The molecule has 0 saturated carbocycles. The molecule has 1 atom stereocenters. The van der Waals surface area contributed by atoms with Crippen LogP contribution in [0.25, 0.3) is 0 Å². The summed E-state index contributed by atoms with van der Waals surface area (Å²) < 4.78 is 6.24. The fourth-order valence-electron chi connectivity index (χ4n) is 2.01. The summed E-state index contributed by atoms with van der Waals surface area (Å²) in [6.45, 7) is 6.81. The molecule has 100 valence electrons. The smallest absolute Gasteiger partial charge is 0.140 e. The zero-order valence-corrected chi connectivity index (χ0v) is 12.1. The molecule has 1 aliphatic rings. The first-order valence-electron chi connectivity index (χ1n) is 6.13. The number of aromatic nitrogens is 1. The number of nitrogens with one attached hydrogen (secondary N) is 1. The zero-order chi connectivity index (χ0) is 13.0. The van der Waals surface area contributed by atoms with E-state index in [0.29, 0.717) is 11.7 Å². The van der Waals surface area contributed by atoms with Crippen molar-refractivity contribution in [1.29, 1.82) is 0 Å². The first kappa shape index (κ1) is 13.6. The molecule has 2 rings (SSSR count). The van der Waals surface area contributed by atoms with Crippen molar-refractivity contribution in [3.05, 3.63) is 16.7 Å². The lowest BCUT2D eigenvalue weighted by Gasteiger charge is -2.29. The quantitative estimate of drug-likeness (QED) is 0.883. The highest BCUT2D eigenvalue weighted by molar-refractivity contribution is 9.10. The number of hydrogen-bond acceptors (Lipinski definition) is 5. The van der Waals surface area contributed by atoms with Crippen molar-refractivity contribution in [1.82, 2.24) is 9.88 Å². The van der Waals surface area contributed by atoms with E-state index in [9.17, 15) is 0 Å². The van der Waals surface area contributed by atoms with Crippen molar-refractivity contribution in [2.24, 2.45) is 0 Å². The topological polar surface area (TPSA) is 63.4 Å². The first-order valence-corrected chi connectivity index (χ1v) is 6.92. The molecule has 0 amide bonds. The van der Waals surface area contributed by atoms with Crippen LogP contribution in [0.4, 0.5) is 11.5 Å². The van der Waals surface area contributed by atoms with E-state index in [2.05, 4.69) is 38.1 Å². The zero-order valence-electron chi connectivity index (χ0n) is 10.5. The molecular weight excluding hydrogens is 296 g/mol. The van der Waals surface area contributed by atoms with E-state index in [1.165, 1.54) is 0 Å². The molecule has 1 aromatic rings. The molecule has 5 nitrogen and oxygen atoms in total. The number of pyridine rings is 1. The molecule has 6 heteroatoms. The van der Waals surface area contributed by atoms with Crippen molar-refractivity contribution in [2.75, 3.05) is 43.9 Å². The molecule has 0 radical (unpaired) electrons. The minimum Gasteiger partial charge on any atom is -0.397 e. The van der Waals surface area contributed by atoms with Crippen LogP contribution >= 0.6 is 15.9 Å². The Morgan fingerprint density at radius 1 is 1.56 bits per heavy atom. The minimum atomic E-state index is 0.329. The molecule has 1 aliphatic heterocycles. The van der Waals surface area contributed by atoms with Gasteiger partial charge in [-0.2, -0.15) is 0 Å². The summed E-state index contributed by atoms with van der Waals surface area (Å²) in [7, 11) is 0. The monoisotopic (exact) mass is 314 g/mol. The van der Waals surface area contributed by atoms with Gasteiger partial charge < -0.3 is 15.8 Å². The second-order valence-electron chi connectivity index (χ2n) is 4.56. The normalized spacial score (nSPS) is 18.6. The van der Waals surface area contributed by atoms with E-state index < -0.39 is 0 Å². The van der Waals surface area contributed by atoms with Gasteiger partial charge in [0.25, 0.3) is 0 Å². The van der Waals surface area contributed by atoms with Gasteiger partial charge in [0.2, 0.25) is 0 Å². The van der Waals surface area contributed by atoms with Crippen molar-refractivity contribution in [3.63, 3.8) is 0 Å². The van der Waals surface area contributed by atoms with Gasteiger partial charge in [0.15, 0.2) is 0 Å². The third kappa shape index (κ3) is 3.83. The van der Waals surface area contributed by atoms with Gasteiger partial charge in [0.1, 0.15) is 5.82 Å². The van der Waals surface area contributed by atoms with Crippen molar-refractivity contribution < 1.29 is 4.74 Å². The molecule has 0 aliphatic carbocycles. The van der Waals surface area contributed by atoms with Gasteiger partial charge in [0, 0.05) is 25.7 Å². The largest absolute Gasteiger partial charge is 0.397 e. The van der Waals surface area contributed by atoms with E-state index in [0.717, 1.165) is 43.1 Å². The second-order valence-corrected chi connectivity index (χ2v) is 5.41. The molecule has 3 N–H and O–H groups in total. The van der Waals surface area contributed by atoms with Crippen molar-refractivity contribution >= 4 is 27.4 Å². The number of ether oxygens (including phenoxy) is 1. The Balaban J connectivity index is 1.87.